The van der Waals surface area contributed by atoms with Crippen molar-refractivity contribution in [3.8, 4) is 0 Å². The Morgan fingerprint density at radius 3 is 0.808 bits per heavy atom. The highest BCUT2D eigenvalue weighted by Crippen LogP contribution is 2.44. The van der Waals surface area contributed by atoms with Gasteiger partial charge in [0.15, 0.2) is 16.6 Å². The first-order valence-electron chi connectivity index (χ1n) is 18.5. The summed E-state index contributed by atoms with van der Waals surface area (Å²) < 4.78 is 37.5. The second-order valence-corrected chi connectivity index (χ2v) is 30.6. The third-order valence-corrected chi connectivity index (χ3v) is 18.3. The molecule has 1 saturated carbocycles. The van der Waals surface area contributed by atoms with Crippen LogP contribution in [-0.4, -0.2) is 97.5 Å². The molecule has 0 N–H and O–H groups in total. The van der Waals surface area contributed by atoms with E-state index in [1.165, 1.54) is 0 Å². The van der Waals surface area contributed by atoms with E-state index < -0.39 is 87.7 Å². The highest BCUT2D eigenvalue weighted by Gasteiger charge is 2.55. The monoisotopic (exact) mass is 774 g/mol. The van der Waals surface area contributed by atoms with Crippen LogP contribution in [0.4, 0.5) is 19.2 Å². The number of ether oxygens (including phenoxy) is 4. The SMILES string of the molecule is CC(C)(C)OC(=O)N(C(=O)OC(C)(C)C)[C@@H]1C[C@H](N(C(=O)OC(C)(C)C)C(=O)OC(C)(C)C)[C@@H](O[Si](C)(C)C(C)(C)C)C[C@H]1O[Si](C)(C)C(C)(C)C. The topological polar surface area (TPSA) is 130 Å². The second kappa shape index (κ2) is 15.9. The molecule has 52 heavy (non-hydrogen) atoms. The summed E-state index contributed by atoms with van der Waals surface area (Å²) in [5, 5.41) is -0.488. The number of imide groups is 2. The van der Waals surface area contributed by atoms with Gasteiger partial charge in [-0.05, 0) is 126 Å². The molecule has 0 saturated heterocycles. The first-order valence-corrected chi connectivity index (χ1v) is 24.4. The molecule has 1 rings (SSSR count). The molecule has 4 atom stereocenters. The van der Waals surface area contributed by atoms with Crippen LogP contribution in [0.1, 0.15) is 137 Å². The zero-order chi connectivity index (χ0) is 41.4. The largest absolute Gasteiger partial charge is 0.443 e. The van der Waals surface area contributed by atoms with Gasteiger partial charge in [-0.3, -0.25) is 0 Å². The van der Waals surface area contributed by atoms with Crippen molar-refractivity contribution in [1.29, 1.82) is 0 Å². The van der Waals surface area contributed by atoms with Crippen LogP contribution in [0, 0.1) is 0 Å². The Labute approximate surface area is 317 Å². The molecule has 0 unspecified atom stereocenters. The quantitative estimate of drug-likeness (QED) is 0.190. The Morgan fingerprint density at radius 1 is 0.423 bits per heavy atom. The van der Waals surface area contributed by atoms with Gasteiger partial charge in [-0.2, -0.15) is 0 Å². The van der Waals surface area contributed by atoms with Gasteiger partial charge >= 0.3 is 24.4 Å². The van der Waals surface area contributed by atoms with E-state index >= 15 is 0 Å². The van der Waals surface area contributed by atoms with Crippen molar-refractivity contribution in [2.45, 2.75) is 220 Å². The van der Waals surface area contributed by atoms with Crippen LogP contribution >= 0.6 is 0 Å². The molecule has 14 heteroatoms. The summed E-state index contributed by atoms with van der Waals surface area (Å²) in [5.74, 6) is 0. The predicted octanol–water partition coefficient (Wildman–Crippen LogP) is 10.6. The number of carbonyl (C=O) groups excluding carboxylic acids is 4. The number of hydrogen-bond donors (Lipinski definition) is 0. The molecule has 1 aliphatic carbocycles. The lowest BCUT2D eigenvalue weighted by atomic mass is 9.84. The van der Waals surface area contributed by atoms with Crippen LogP contribution in [0.15, 0.2) is 0 Å². The minimum absolute atomic E-state index is 0.116. The lowest BCUT2D eigenvalue weighted by molar-refractivity contribution is -0.0736. The van der Waals surface area contributed by atoms with Gasteiger partial charge in [0, 0.05) is 6.42 Å². The van der Waals surface area contributed by atoms with E-state index in [-0.39, 0.29) is 22.9 Å². The molecule has 0 aliphatic heterocycles. The maximum absolute atomic E-state index is 14.2. The standard InChI is InChI=1S/C38H74N2O10Si2/c1-33(2,3)45-29(41)39(30(42)46-34(4,5)6)25-23-26(40(31(43)47-35(7,8)9)32(44)48-36(10,11)12)28(50-52(21,22)38(16,17)18)24-27(25)49-51(19,20)37(13,14)15/h25-28H,23-24H2,1-22H3/t25-,26+,27-,28+. The minimum Gasteiger partial charge on any atom is -0.443 e. The summed E-state index contributed by atoms with van der Waals surface area (Å²) in [6.07, 6.45) is -5.25. The third-order valence-electron chi connectivity index (χ3n) is 9.33. The maximum atomic E-state index is 14.2. The highest BCUT2D eigenvalue weighted by molar-refractivity contribution is 6.74. The zero-order valence-electron chi connectivity index (χ0n) is 36.7. The lowest BCUT2D eigenvalue weighted by Crippen LogP contribution is -2.66. The first-order chi connectivity index (χ1) is 22.7. The zero-order valence-corrected chi connectivity index (χ0v) is 38.7. The fourth-order valence-electron chi connectivity index (χ4n) is 4.94. The Kier molecular flexibility index (Phi) is 14.6. The Balaban J connectivity index is 4.29. The molecule has 0 aromatic carbocycles. The summed E-state index contributed by atoms with van der Waals surface area (Å²) in [6, 6.07) is -2.09. The van der Waals surface area contributed by atoms with Crippen molar-refractivity contribution < 1.29 is 47.0 Å². The summed E-state index contributed by atoms with van der Waals surface area (Å²) in [7, 11) is -5.19. The second-order valence-electron chi connectivity index (χ2n) is 21.1. The molecule has 1 aliphatic rings. The van der Waals surface area contributed by atoms with Gasteiger partial charge in [-0.15, -0.1) is 0 Å². The van der Waals surface area contributed by atoms with Crippen molar-refractivity contribution in [3.05, 3.63) is 0 Å². The van der Waals surface area contributed by atoms with Crippen molar-refractivity contribution in [1.82, 2.24) is 9.80 Å². The van der Waals surface area contributed by atoms with E-state index in [0.717, 1.165) is 9.80 Å². The van der Waals surface area contributed by atoms with Crippen molar-refractivity contribution >= 4 is 41.0 Å². The molecule has 0 aromatic heterocycles. The third kappa shape index (κ3) is 14.2. The van der Waals surface area contributed by atoms with Crippen molar-refractivity contribution in [3.63, 3.8) is 0 Å². The van der Waals surface area contributed by atoms with E-state index in [9.17, 15) is 19.2 Å². The molecule has 0 aromatic rings. The molecule has 0 heterocycles. The number of rotatable bonds is 6. The molecular weight excluding hydrogens is 701 g/mol. The van der Waals surface area contributed by atoms with E-state index in [0.29, 0.717) is 0 Å². The van der Waals surface area contributed by atoms with Crippen LogP contribution < -0.4 is 0 Å². The number of amides is 4. The fraction of sp³-hybridized carbons (Fsp3) is 0.895. The Hall–Kier alpha value is -2.17. The average molecular weight is 775 g/mol. The van der Waals surface area contributed by atoms with Gasteiger partial charge in [-0.1, -0.05) is 41.5 Å². The Morgan fingerprint density at radius 2 is 0.635 bits per heavy atom. The fourth-order valence-corrected chi connectivity index (χ4v) is 7.66. The van der Waals surface area contributed by atoms with Gasteiger partial charge in [0.25, 0.3) is 0 Å². The molecule has 0 spiro atoms. The first kappa shape index (κ1) is 47.9. The van der Waals surface area contributed by atoms with Gasteiger partial charge in [0.05, 0.1) is 24.3 Å². The van der Waals surface area contributed by atoms with E-state index in [4.69, 9.17) is 27.8 Å². The summed E-state index contributed by atoms with van der Waals surface area (Å²) in [5.41, 5.74) is -3.86. The van der Waals surface area contributed by atoms with Crippen LogP contribution in [0.25, 0.3) is 0 Å². The molecule has 12 nitrogen and oxygen atoms in total. The summed E-state index contributed by atoms with van der Waals surface area (Å²) >= 11 is 0. The predicted molar refractivity (Wildman–Crippen MR) is 210 cm³/mol. The van der Waals surface area contributed by atoms with Crippen molar-refractivity contribution in [2.24, 2.45) is 0 Å². The average Bonchev–Trinajstić information content (AvgIpc) is 2.80. The highest BCUT2D eigenvalue weighted by atomic mass is 28.4. The summed E-state index contributed by atoms with van der Waals surface area (Å²) in [4.78, 5) is 58.7. The number of nitrogens with zero attached hydrogens (tertiary/aromatic N) is 2. The normalized spacial score (nSPS) is 21.2. The van der Waals surface area contributed by atoms with Crippen LogP contribution in [-0.2, 0) is 27.8 Å². The summed E-state index contributed by atoms with van der Waals surface area (Å²) in [6.45, 7) is 41.5. The lowest BCUT2D eigenvalue weighted by Gasteiger charge is -2.52. The van der Waals surface area contributed by atoms with E-state index in [2.05, 4.69) is 67.7 Å². The van der Waals surface area contributed by atoms with Crippen LogP contribution in [0.2, 0.25) is 36.3 Å². The minimum atomic E-state index is -2.60. The number of hydrogen-bond acceptors (Lipinski definition) is 10. The van der Waals surface area contributed by atoms with Gasteiger partial charge in [0.1, 0.15) is 22.4 Å². The van der Waals surface area contributed by atoms with E-state index in [1.807, 2.05) is 0 Å². The molecular formula is C38H74N2O10Si2. The number of carbonyl (C=O) groups is 4. The molecule has 1 fully saturated rings. The maximum Gasteiger partial charge on any atom is 0.420 e. The van der Waals surface area contributed by atoms with Crippen molar-refractivity contribution in [2.75, 3.05) is 0 Å². The molecule has 0 bridgehead atoms. The molecule has 0 radical (unpaired) electrons. The van der Waals surface area contributed by atoms with Crippen LogP contribution in [0.5, 0.6) is 0 Å². The van der Waals surface area contributed by atoms with E-state index in [1.54, 1.807) is 83.1 Å². The van der Waals surface area contributed by atoms with Gasteiger partial charge in [-0.25, -0.2) is 29.0 Å². The van der Waals surface area contributed by atoms with Gasteiger partial charge < -0.3 is 27.8 Å². The van der Waals surface area contributed by atoms with Crippen LogP contribution in [0.3, 0.4) is 0 Å². The Bertz CT molecular complexity index is 1120. The smallest absolute Gasteiger partial charge is 0.420 e. The van der Waals surface area contributed by atoms with Gasteiger partial charge in [0.2, 0.25) is 0 Å². The molecule has 304 valence electrons. The molecule has 4 amide bonds.